The normalized spacial score (nSPS) is 14.0. The molecule has 0 radical (unpaired) electrons. The number of alkyl carbamates (subject to hydrolysis) is 1. The molecule has 2 N–H and O–H groups in total. The van der Waals surface area contributed by atoms with Gasteiger partial charge in [-0.1, -0.05) is 67.6 Å². The van der Waals surface area contributed by atoms with E-state index in [9.17, 15) is 19.2 Å². The molecule has 0 aromatic heterocycles. The Labute approximate surface area is 267 Å². The van der Waals surface area contributed by atoms with E-state index >= 15 is 0 Å². The van der Waals surface area contributed by atoms with Crippen LogP contribution in [0.4, 0.5) is 4.79 Å². The summed E-state index contributed by atoms with van der Waals surface area (Å²) < 4.78 is 11.1. The van der Waals surface area contributed by atoms with Crippen LogP contribution in [-0.2, 0) is 30.3 Å². The van der Waals surface area contributed by atoms with Crippen molar-refractivity contribution in [2.45, 2.75) is 110 Å². The minimum Gasteiger partial charge on any atom is -0.458 e. The van der Waals surface area contributed by atoms with Gasteiger partial charge in [0.05, 0.1) is 0 Å². The van der Waals surface area contributed by atoms with Crippen molar-refractivity contribution in [2.24, 2.45) is 0 Å². The summed E-state index contributed by atoms with van der Waals surface area (Å²) in [5, 5.41) is 5.54. The third kappa shape index (κ3) is 11.2. The van der Waals surface area contributed by atoms with Gasteiger partial charge in [-0.3, -0.25) is 9.59 Å². The van der Waals surface area contributed by atoms with Crippen LogP contribution in [0.25, 0.3) is 0 Å². The minimum absolute atomic E-state index is 0.0357. The number of nitrogens with one attached hydrogen (secondary N) is 2. The second kappa shape index (κ2) is 15.5. The van der Waals surface area contributed by atoms with E-state index in [1.807, 2.05) is 57.2 Å². The van der Waals surface area contributed by atoms with Gasteiger partial charge in [-0.25, -0.2) is 9.59 Å². The topological polar surface area (TPSA) is 114 Å². The molecule has 0 aliphatic rings. The van der Waals surface area contributed by atoms with Gasteiger partial charge in [-0.15, -0.1) is 0 Å². The number of esters is 1. The van der Waals surface area contributed by atoms with Crippen LogP contribution in [0.1, 0.15) is 85.9 Å². The number of ether oxygens (including phenoxy) is 2. The van der Waals surface area contributed by atoms with Gasteiger partial charge < -0.3 is 25.0 Å². The van der Waals surface area contributed by atoms with E-state index in [-0.39, 0.29) is 12.2 Å². The summed E-state index contributed by atoms with van der Waals surface area (Å²) >= 11 is 4.37. The largest absolute Gasteiger partial charge is 0.458 e. The molecular weight excluding hydrogens is 578 g/mol. The molecule has 9 nitrogen and oxygen atoms in total. The average molecular weight is 628 g/mol. The first-order valence-electron chi connectivity index (χ1n) is 14.9. The van der Waals surface area contributed by atoms with Crippen molar-refractivity contribution >= 4 is 36.5 Å². The summed E-state index contributed by atoms with van der Waals surface area (Å²) in [5.41, 5.74) is -1.05. The van der Waals surface area contributed by atoms with E-state index in [1.165, 1.54) is 4.90 Å². The lowest BCUT2D eigenvalue weighted by molar-refractivity contribution is -0.159. The number of nitrogens with zero attached hydrogens (tertiary/aromatic N) is 1. The maximum absolute atomic E-state index is 14.4. The Morgan fingerprint density at radius 2 is 1.30 bits per heavy atom. The molecule has 10 heteroatoms. The fourth-order valence-electron chi connectivity index (χ4n) is 4.47. The van der Waals surface area contributed by atoms with Gasteiger partial charge >= 0.3 is 12.1 Å². The lowest BCUT2D eigenvalue weighted by atomic mass is 9.92. The van der Waals surface area contributed by atoms with E-state index < -0.39 is 58.7 Å². The molecule has 2 aromatic rings. The second-order valence-corrected chi connectivity index (χ2v) is 13.7. The highest BCUT2D eigenvalue weighted by molar-refractivity contribution is 7.80. The standard InChI is InChI=1S/C34H49N3O6S/c1-10-34(8,9)37(29(39)26(22-44)36-31(41)43-33(5,6)7)27(24-19-15-12-16-20-24)28(38)35-25(30(40)42-32(2,3)4)21-23-17-13-11-14-18-23/h11-20,25-27,44H,10,21-22H2,1-9H3,(H,35,38)(H,36,41). The SMILES string of the molecule is CCC(C)(C)N(C(=O)C(CS)NC(=O)OC(C)(C)C)C(C(=O)NC(Cc1ccccc1)C(=O)OC(C)(C)C)c1ccccc1. The van der Waals surface area contributed by atoms with Crippen LogP contribution in [0.15, 0.2) is 60.7 Å². The molecule has 0 fully saturated rings. The molecule has 0 spiro atoms. The number of hydrogen-bond donors (Lipinski definition) is 3. The van der Waals surface area contributed by atoms with Crippen molar-refractivity contribution < 1.29 is 28.7 Å². The summed E-state index contributed by atoms with van der Waals surface area (Å²) in [4.78, 5) is 56.3. The Bertz CT molecular complexity index is 1260. The van der Waals surface area contributed by atoms with Crippen molar-refractivity contribution in [3.63, 3.8) is 0 Å². The first-order valence-corrected chi connectivity index (χ1v) is 15.6. The van der Waals surface area contributed by atoms with E-state index in [2.05, 4.69) is 23.3 Å². The van der Waals surface area contributed by atoms with Crippen molar-refractivity contribution in [1.82, 2.24) is 15.5 Å². The molecule has 242 valence electrons. The van der Waals surface area contributed by atoms with Gasteiger partial charge in [0.25, 0.3) is 0 Å². The first kappa shape index (κ1) is 36.7. The number of amides is 3. The first-order chi connectivity index (χ1) is 20.4. The number of hydrogen-bond acceptors (Lipinski definition) is 7. The maximum atomic E-state index is 14.4. The van der Waals surface area contributed by atoms with Crippen molar-refractivity contribution in [1.29, 1.82) is 0 Å². The summed E-state index contributed by atoms with van der Waals surface area (Å²) in [6, 6.07) is 14.9. The van der Waals surface area contributed by atoms with Gasteiger partial charge in [-0.05, 0) is 72.9 Å². The zero-order valence-corrected chi connectivity index (χ0v) is 28.4. The van der Waals surface area contributed by atoms with Gasteiger partial charge in [0, 0.05) is 17.7 Å². The highest BCUT2D eigenvalue weighted by Crippen LogP contribution is 2.32. The second-order valence-electron chi connectivity index (χ2n) is 13.4. The highest BCUT2D eigenvalue weighted by Gasteiger charge is 2.44. The molecule has 0 heterocycles. The molecule has 2 aromatic carbocycles. The predicted molar refractivity (Wildman–Crippen MR) is 175 cm³/mol. The molecule has 2 rings (SSSR count). The third-order valence-electron chi connectivity index (χ3n) is 6.84. The molecular formula is C34H49N3O6S. The smallest absolute Gasteiger partial charge is 0.408 e. The minimum atomic E-state index is -1.15. The van der Waals surface area contributed by atoms with Crippen LogP contribution >= 0.6 is 12.6 Å². The van der Waals surface area contributed by atoms with Gasteiger partial charge in [-0.2, -0.15) is 12.6 Å². The van der Waals surface area contributed by atoms with Crippen molar-refractivity contribution in [3.8, 4) is 0 Å². The number of benzene rings is 2. The Kier molecular flexibility index (Phi) is 12.9. The molecule has 3 unspecified atom stereocenters. The summed E-state index contributed by atoms with van der Waals surface area (Å²) in [5.74, 6) is -1.70. The number of rotatable bonds is 12. The zero-order valence-electron chi connectivity index (χ0n) is 27.5. The predicted octanol–water partition coefficient (Wildman–Crippen LogP) is 5.64. The van der Waals surface area contributed by atoms with Crippen LogP contribution in [-0.4, -0.2) is 63.4 Å². The Hall–Kier alpha value is -3.53. The number of carbonyl (C=O) groups excluding carboxylic acids is 4. The monoisotopic (exact) mass is 627 g/mol. The highest BCUT2D eigenvalue weighted by atomic mass is 32.1. The Balaban J connectivity index is 2.60. The van der Waals surface area contributed by atoms with Crippen molar-refractivity contribution in [3.05, 3.63) is 71.8 Å². The molecule has 0 aliphatic heterocycles. The van der Waals surface area contributed by atoms with Gasteiger partial charge in [0.2, 0.25) is 11.8 Å². The van der Waals surface area contributed by atoms with E-state index in [4.69, 9.17) is 9.47 Å². The van der Waals surface area contributed by atoms with Gasteiger partial charge in [0.1, 0.15) is 29.3 Å². The number of thiol groups is 1. The van der Waals surface area contributed by atoms with E-state index in [0.717, 1.165) is 5.56 Å². The van der Waals surface area contributed by atoms with Crippen LogP contribution in [0.5, 0.6) is 0 Å². The van der Waals surface area contributed by atoms with Gasteiger partial charge in [0.15, 0.2) is 0 Å². The maximum Gasteiger partial charge on any atom is 0.408 e. The fraction of sp³-hybridized carbons (Fsp3) is 0.529. The number of carbonyl (C=O) groups is 4. The molecule has 44 heavy (non-hydrogen) atoms. The van der Waals surface area contributed by atoms with Crippen LogP contribution in [0.3, 0.4) is 0 Å². The van der Waals surface area contributed by atoms with Crippen molar-refractivity contribution in [2.75, 3.05) is 5.75 Å². The quantitative estimate of drug-likeness (QED) is 0.207. The lowest BCUT2D eigenvalue weighted by Crippen LogP contribution is -2.60. The molecule has 0 saturated heterocycles. The Morgan fingerprint density at radius 3 is 1.77 bits per heavy atom. The van der Waals surface area contributed by atoms with Crippen LogP contribution in [0, 0.1) is 0 Å². The third-order valence-corrected chi connectivity index (χ3v) is 7.20. The lowest BCUT2D eigenvalue weighted by Gasteiger charge is -2.44. The van der Waals surface area contributed by atoms with E-state index in [1.54, 1.807) is 65.8 Å². The Morgan fingerprint density at radius 1 is 0.773 bits per heavy atom. The summed E-state index contributed by atoms with van der Waals surface area (Å²) in [6.45, 7) is 16.1. The molecule has 3 amide bonds. The molecule has 0 bridgehead atoms. The molecule has 0 saturated carbocycles. The molecule has 0 aliphatic carbocycles. The summed E-state index contributed by atoms with van der Waals surface area (Å²) in [7, 11) is 0. The average Bonchev–Trinajstić information content (AvgIpc) is 2.92. The van der Waals surface area contributed by atoms with Crippen LogP contribution in [0.2, 0.25) is 0 Å². The fourth-order valence-corrected chi connectivity index (χ4v) is 4.72. The van der Waals surface area contributed by atoms with E-state index in [0.29, 0.717) is 12.0 Å². The summed E-state index contributed by atoms with van der Waals surface area (Å²) in [6.07, 6.45) is -0.0959. The zero-order chi connectivity index (χ0) is 33.3. The van der Waals surface area contributed by atoms with Crippen LogP contribution < -0.4 is 10.6 Å². The molecule has 3 atom stereocenters.